The van der Waals surface area contributed by atoms with Crippen LogP contribution in [0.4, 0.5) is 5.69 Å². The van der Waals surface area contributed by atoms with Crippen LogP contribution in [0, 0.1) is 19.3 Å². The molecule has 0 atom stereocenters. The van der Waals surface area contributed by atoms with Crippen molar-refractivity contribution >= 4 is 17.4 Å². The summed E-state index contributed by atoms with van der Waals surface area (Å²) in [4.78, 5) is 22.2. The molecule has 0 saturated carbocycles. The third-order valence-corrected chi connectivity index (χ3v) is 4.19. The molecule has 0 aliphatic heterocycles. The van der Waals surface area contributed by atoms with Crippen LogP contribution < -0.4 is 10.6 Å². The van der Waals surface area contributed by atoms with Gasteiger partial charge in [-0.25, -0.2) is 0 Å². The van der Waals surface area contributed by atoms with E-state index in [1.165, 1.54) is 0 Å². The van der Waals surface area contributed by atoms with Crippen LogP contribution in [0.15, 0.2) is 54.9 Å². The molecule has 0 bridgehead atoms. The van der Waals surface area contributed by atoms with Crippen LogP contribution >= 0.6 is 0 Å². The number of amides is 1. The molecule has 3 aromatic rings. The van der Waals surface area contributed by atoms with E-state index < -0.39 is 0 Å². The second-order valence-electron chi connectivity index (χ2n) is 6.20. The minimum atomic E-state index is -0.0875. The Morgan fingerprint density at radius 2 is 1.96 bits per heavy atom. The fourth-order valence-electron chi connectivity index (χ4n) is 2.86. The van der Waals surface area contributed by atoms with Gasteiger partial charge in [-0.1, -0.05) is 24.3 Å². The van der Waals surface area contributed by atoms with Crippen molar-refractivity contribution in [2.24, 2.45) is 5.73 Å². The zero-order valence-electron chi connectivity index (χ0n) is 14.8. The highest BCUT2D eigenvalue weighted by atomic mass is 16.2. The molecule has 4 N–H and O–H groups in total. The van der Waals surface area contributed by atoms with Crippen molar-refractivity contribution in [3.63, 3.8) is 0 Å². The number of carbonyl (C=O) groups is 1. The molecule has 26 heavy (non-hydrogen) atoms. The first-order valence-electron chi connectivity index (χ1n) is 8.27. The minimum Gasteiger partial charge on any atom is -0.384 e. The van der Waals surface area contributed by atoms with Gasteiger partial charge in [-0.15, -0.1) is 0 Å². The Bertz CT molecular complexity index is 929. The summed E-state index contributed by atoms with van der Waals surface area (Å²) in [6.45, 7) is 4.22. The van der Waals surface area contributed by atoms with Gasteiger partial charge in [0.15, 0.2) is 0 Å². The number of H-pyrrole nitrogens is 1. The van der Waals surface area contributed by atoms with E-state index in [4.69, 9.17) is 11.1 Å². The number of aryl methyl sites for hydroxylation is 2. The average molecular weight is 347 g/mol. The summed E-state index contributed by atoms with van der Waals surface area (Å²) < 4.78 is 0. The molecule has 3 rings (SSSR count). The van der Waals surface area contributed by atoms with Gasteiger partial charge in [0.25, 0.3) is 5.91 Å². The zero-order chi connectivity index (χ0) is 18.7. The summed E-state index contributed by atoms with van der Waals surface area (Å²) in [7, 11) is 0. The Morgan fingerprint density at radius 1 is 1.23 bits per heavy atom. The average Bonchev–Trinajstić information content (AvgIpc) is 2.98. The molecular formula is C20H21N5O. The second-order valence-corrected chi connectivity index (χ2v) is 6.20. The Hall–Kier alpha value is -3.41. The smallest absolute Gasteiger partial charge is 0.260 e. The van der Waals surface area contributed by atoms with Crippen LogP contribution in [0.2, 0.25) is 0 Å². The van der Waals surface area contributed by atoms with E-state index in [0.717, 1.165) is 22.6 Å². The third kappa shape index (κ3) is 3.64. The number of carbonyl (C=O) groups excluding carboxylic acids is 1. The van der Waals surface area contributed by atoms with Gasteiger partial charge in [0.05, 0.1) is 24.0 Å². The number of pyridine rings is 1. The first-order chi connectivity index (χ1) is 12.5. The van der Waals surface area contributed by atoms with Crippen LogP contribution in [-0.4, -0.2) is 21.7 Å². The first-order valence-corrected chi connectivity index (χ1v) is 8.27. The Labute approximate surface area is 152 Å². The largest absolute Gasteiger partial charge is 0.384 e. The molecule has 0 radical (unpaired) electrons. The molecule has 2 heterocycles. The fourth-order valence-corrected chi connectivity index (χ4v) is 2.86. The standard InChI is InChI=1S/C20H21N5O/c1-13-10-18(14(2)24-13)20(26)25(17-4-3-9-23-11-17)12-15-5-7-16(8-6-15)19(21)22/h3-11,24H,12H2,1-2H3,(H3,21,22). The lowest BCUT2D eigenvalue weighted by atomic mass is 10.1. The highest BCUT2D eigenvalue weighted by molar-refractivity contribution is 6.06. The lowest BCUT2D eigenvalue weighted by Gasteiger charge is -2.23. The maximum atomic E-state index is 13.2. The van der Waals surface area contributed by atoms with Gasteiger partial charge < -0.3 is 15.6 Å². The predicted molar refractivity (Wildman–Crippen MR) is 102 cm³/mol. The van der Waals surface area contributed by atoms with Crippen molar-refractivity contribution < 1.29 is 4.79 Å². The number of nitrogen functional groups attached to an aromatic ring is 1. The number of anilines is 1. The number of aromatic nitrogens is 2. The molecule has 132 valence electrons. The number of rotatable bonds is 5. The van der Waals surface area contributed by atoms with Gasteiger partial charge >= 0.3 is 0 Å². The van der Waals surface area contributed by atoms with Gasteiger partial charge in [0, 0.05) is 23.1 Å². The molecule has 2 aromatic heterocycles. The third-order valence-electron chi connectivity index (χ3n) is 4.19. The van der Waals surface area contributed by atoms with Crippen molar-refractivity contribution in [2.75, 3.05) is 4.90 Å². The van der Waals surface area contributed by atoms with Crippen molar-refractivity contribution in [1.29, 1.82) is 5.41 Å². The Kier molecular flexibility index (Phi) is 4.84. The van der Waals surface area contributed by atoms with E-state index in [0.29, 0.717) is 17.7 Å². The number of hydrogen-bond donors (Lipinski definition) is 3. The summed E-state index contributed by atoms with van der Waals surface area (Å²) in [5, 5.41) is 7.49. The van der Waals surface area contributed by atoms with Gasteiger partial charge in [0.1, 0.15) is 5.84 Å². The van der Waals surface area contributed by atoms with Crippen LogP contribution in [0.3, 0.4) is 0 Å². The van der Waals surface area contributed by atoms with E-state index in [9.17, 15) is 4.79 Å². The number of aromatic amines is 1. The van der Waals surface area contributed by atoms with Crippen LogP contribution in [-0.2, 0) is 6.54 Å². The lowest BCUT2D eigenvalue weighted by Crippen LogP contribution is -2.30. The van der Waals surface area contributed by atoms with E-state index in [1.54, 1.807) is 29.4 Å². The molecule has 6 heteroatoms. The summed E-state index contributed by atoms with van der Waals surface area (Å²) >= 11 is 0. The van der Waals surface area contributed by atoms with Crippen LogP contribution in [0.1, 0.15) is 32.9 Å². The SMILES string of the molecule is Cc1cc(C(=O)N(Cc2ccc(C(=N)N)cc2)c2cccnc2)c(C)[nH]1. The normalized spacial score (nSPS) is 10.5. The molecule has 0 spiro atoms. The Morgan fingerprint density at radius 3 is 2.50 bits per heavy atom. The van der Waals surface area contributed by atoms with Gasteiger partial charge in [-0.2, -0.15) is 0 Å². The number of nitrogens with one attached hydrogen (secondary N) is 2. The molecule has 6 nitrogen and oxygen atoms in total. The van der Waals surface area contributed by atoms with Gasteiger partial charge in [-0.05, 0) is 37.6 Å². The Balaban J connectivity index is 1.95. The molecule has 0 saturated heterocycles. The van der Waals surface area contributed by atoms with E-state index in [-0.39, 0.29) is 11.7 Å². The summed E-state index contributed by atoms with van der Waals surface area (Å²) in [5.74, 6) is -0.0642. The van der Waals surface area contributed by atoms with Gasteiger partial charge in [-0.3, -0.25) is 15.2 Å². The fraction of sp³-hybridized carbons (Fsp3) is 0.150. The number of nitrogens with two attached hydrogens (primary N) is 1. The molecular weight excluding hydrogens is 326 g/mol. The maximum Gasteiger partial charge on any atom is 0.260 e. The molecule has 1 amide bonds. The van der Waals surface area contributed by atoms with Crippen LogP contribution in [0.25, 0.3) is 0 Å². The van der Waals surface area contributed by atoms with Gasteiger partial charge in [0.2, 0.25) is 0 Å². The number of benzene rings is 1. The number of amidine groups is 1. The van der Waals surface area contributed by atoms with E-state index in [1.807, 2.05) is 44.2 Å². The predicted octanol–water partition coefficient (Wildman–Crippen LogP) is 3.16. The number of hydrogen-bond acceptors (Lipinski definition) is 3. The molecule has 0 aliphatic rings. The quantitative estimate of drug-likeness (QED) is 0.488. The maximum absolute atomic E-state index is 13.2. The minimum absolute atomic E-state index is 0.0233. The molecule has 0 aliphatic carbocycles. The molecule has 0 fully saturated rings. The molecule has 1 aromatic carbocycles. The van der Waals surface area contributed by atoms with E-state index in [2.05, 4.69) is 9.97 Å². The monoisotopic (exact) mass is 347 g/mol. The van der Waals surface area contributed by atoms with Crippen molar-refractivity contribution in [3.05, 3.63) is 82.9 Å². The summed E-state index contributed by atoms with van der Waals surface area (Å²) in [6.07, 6.45) is 3.36. The highest BCUT2D eigenvalue weighted by Gasteiger charge is 2.21. The van der Waals surface area contributed by atoms with Crippen molar-refractivity contribution in [1.82, 2.24) is 9.97 Å². The lowest BCUT2D eigenvalue weighted by molar-refractivity contribution is 0.0984. The first kappa shape index (κ1) is 17.4. The van der Waals surface area contributed by atoms with Crippen molar-refractivity contribution in [3.8, 4) is 0 Å². The van der Waals surface area contributed by atoms with E-state index >= 15 is 0 Å². The van der Waals surface area contributed by atoms with Crippen molar-refractivity contribution in [2.45, 2.75) is 20.4 Å². The number of nitrogens with zero attached hydrogens (tertiary/aromatic N) is 2. The molecule has 0 unspecified atom stereocenters. The highest BCUT2D eigenvalue weighted by Crippen LogP contribution is 2.21. The summed E-state index contributed by atoms with van der Waals surface area (Å²) in [6, 6.07) is 12.9. The summed E-state index contributed by atoms with van der Waals surface area (Å²) in [5.41, 5.74) is 10.3. The second kappa shape index (κ2) is 7.23. The topological polar surface area (TPSA) is 98.9 Å². The van der Waals surface area contributed by atoms with Crippen LogP contribution in [0.5, 0.6) is 0 Å². The zero-order valence-corrected chi connectivity index (χ0v) is 14.8.